The van der Waals surface area contributed by atoms with Crippen LogP contribution in [-0.2, 0) is 17.8 Å². The Morgan fingerprint density at radius 2 is 1.40 bits per heavy atom. The molecule has 8 nitrogen and oxygen atoms in total. The van der Waals surface area contributed by atoms with Crippen LogP contribution in [0.4, 0.5) is 4.79 Å². The molecule has 6 rings (SSSR count). The van der Waals surface area contributed by atoms with E-state index < -0.39 is 5.60 Å². The molecule has 228 valence electrons. The lowest BCUT2D eigenvalue weighted by atomic mass is 10.1. The van der Waals surface area contributed by atoms with E-state index in [4.69, 9.17) is 33.7 Å². The van der Waals surface area contributed by atoms with Crippen molar-refractivity contribution in [2.24, 2.45) is 5.73 Å². The minimum atomic E-state index is -0.479. The number of fused-ring (bicyclic) bond motifs is 2. The van der Waals surface area contributed by atoms with Crippen molar-refractivity contribution < 1.29 is 9.53 Å². The highest BCUT2D eigenvalue weighted by atomic mass is 35.5. The van der Waals surface area contributed by atoms with E-state index in [0.717, 1.165) is 85.0 Å². The number of para-hydroxylation sites is 2. The second kappa shape index (κ2) is 13.7. The molecule has 2 aromatic carbocycles. The monoisotopic (exact) mass is 622 g/mol. The molecule has 3 N–H and O–H groups in total. The maximum absolute atomic E-state index is 11.9. The maximum atomic E-state index is 11.9. The summed E-state index contributed by atoms with van der Waals surface area (Å²) in [6, 6.07) is 20.6. The number of nitrogens with zero attached hydrogens (tertiary/aromatic N) is 4. The summed E-state index contributed by atoms with van der Waals surface area (Å²) in [7, 11) is 0. The number of hydrogen-bond acceptors (Lipinski definition) is 7. The summed E-state index contributed by atoms with van der Waals surface area (Å²) in [4.78, 5) is 25.4. The van der Waals surface area contributed by atoms with Crippen molar-refractivity contribution in [3.63, 3.8) is 0 Å². The van der Waals surface area contributed by atoms with Gasteiger partial charge in [-0.25, -0.2) is 14.8 Å². The third-order valence-corrected chi connectivity index (χ3v) is 8.24. The molecule has 10 heteroatoms. The Morgan fingerprint density at radius 3 is 1.91 bits per heavy atom. The van der Waals surface area contributed by atoms with Crippen LogP contribution in [0, 0.1) is 0 Å². The number of ether oxygens (including phenoxy) is 1. The van der Waals surface area contributed by atoms with E-state index in [1.807, 2.05) is 63.2 Å². The summed E-state index contributed by atoms with van der Waals surface area (Å²) in [6.45, 7) is 10.8. The average Bonchev–Trinajstić information content (AvgIpc) is 3.56. The van der Waals surface area contributed by atoms with E-state index >= 15 is 0 Å². The number of rotatable bonds is 5. The van der Waals surface area contributed by atoms with Gasteiger partial charge in [0.2, 0.25) is 0 Å². The summed E-state index contributed by atoms with van der Waals surface area (Å²) in [5, 5.41) is 6.32. The molecule has 1 amide bonds. The predicted molar refractivity (Wildman–Crippen MR) is 174 cm³/mol. The van der Waals surface area contributed by atoms with Crippen LogP contribution in [0.15, 0.2) is 60.7 Å². The first-order valence-electron chi connectivity index (χ1n) is 14.8. The van der Waals surface area contributed by atoms with Crippen LogP contribution in [0.5, 0.6) is 0 Å². The van der Waals surface area contributed by atoms with Crippen molar-refractivity contribution in [3.05, 3.63) is 82.1 Å². The lowest BCUT2D eigenvalue weighted by Crippen LogP contribution is -2.40. The van der Waals surface area contributed by atoms with Crippen LogP contribution in [0.25, 0.3) is 21.8 Å². The zero-order chi connectivity index (χ0) is 30.6. The predicted octanol–water partition coefficient (Wildman–Crippen LogP) is 6.41. The largest absolute Gasteiger partial charge is 0.444 e. The molecule has 2 saturated heterocycles. The third kappa shape index (κ3) is 8.77. The number of amides is 1. The topological polar surface area (TPSA) is 96.6 Å². The summed E-state index contributed by atoms with van der Waals surface area (Å²) in [5.41, 5.74) is 9.39. The van der Waals surface area contributed by atoms with Crippen LogP contribution >= 0.6 is 23.2 Å². The molecule has 2 unspecified atom stereocenters. The molecular weight excluding hydrogens is 583 g/mol. The van der Waals surface area contributed by atoms with Gasteiger partial charge in [-0.2, -0.15) is 0 Å². The van der Waals surface area contributed by atoms with Crippen LogP contribution < -0.4 is 11.1 Å². The van der Waals surface area contributed by atoms with Gasteiger partial charge in [-0.3, -0.25) is 9.80 Å². The second-order valence-electron chi connectivity index (χ2n) is 12.4. The molecular formula is C33H40Cl2N6O2. The van der Waals surface area contributed by atoms with Gasteiger partial charge in [-0.05, 0) is 57.9 Å². The highest BCUT2D eigenvalue weighted by Crippen LogP contribution is 2.25. The zero-order valence-corrected chi connectivity index (χ0v) is 26.5. The smallest absolute Gasteiger partial charge is 0.407 e. The highest BCUT2D eigenvalue weighted by Gasteiger charge is 2.27. The van der Waals surface area contributed by atoms with Gasteiger partial charge in [0.25, 0.3) is 0 Å². The van der Waals surface area contributed by atoms with Gasteiger partial charge >= 0.3 is 6.09 Å². The molecule has 0 radical (unpaired) electrons. The first-order valence-corrected chi connectivity index (χ1v) is 15.6. The molecule has 0 saturated carbocycles. The zero-order valence-electron chi connectivity index (χ0n) is 25.0. The molecule has 0 bridgehead atoms. The Morgan fingerprint density at radius 1 is 0.884 bits per heavy atom. The number of halogens is 2. The summed E-state index contributed by atoms with van der Waals surface area (Å²) in [6.07, 6.45) is 1.61. The molecule has 43 heavy (non-hydrogen) atoms. The number of carbonyl (C=O) groups is 1. The minimum absolute atomic E-state index is 0.0991. The third-order valence-electron chi connectivity index (χ3n) is 7.59. The number of benzene rings is 2. The number of carbonyl (C=O) groups excluding carboxylic acids is 1. The number of alkyl carbamates (subject to hydrolysis) is 1. The Kier molecular flexibility index (Phi) is 10.0. The summed E-state index contributed by atoms with van der Waals surface area (Å²) in [5.74, 6) is 0. The Bertz CT molecular complexity index is 1580. The summed E-state index contributed by atoms with van der Waals surface area (Å²) < 4.78 is 5.32. The molecule has 2 aliphatic rings. The molecule has 4 aromatic rings. The Hall–Kier alpha value is -3.01. The van der Waals surface area contributed by atoms with Gasteiger partial charge in [0.15, 0.2) is 0 Å². The first kappa shape index (κ1) is 31.4. The lowest BCUT2D eigenvalue weighted by Gasteiger charge is -2.22. The average molecular weight is 624 g/mol. The van der Waals surface area contributed by atoms with Crippen molar-refractivity contribution >= 4 is 51.1 Å². The van der Waals surface area contributed by atoms with Crippen molar-refractivity contribution in [1.82, 2.24) is 25.1 Å². The number of aromatic nitrogens is 2. The standard InChI is InChI=1S/C19H24ClN3O2.C14H16ClN3/c1-19(2,3)25-18(24)21-15-8-9-23(12-15)11-14-10-13-6-4-5-7-16(13)22-17(14)20;15-14-11(8-18-6-5-12(16)9-18)7-10-3-1-2-4-13(10)17-14/h4-7,10,15H,8-9,11-12H2,1-3H3,(H,21,24);1-4,7,12H,5-6,8-9,16H2. The van der Waals surface area contributed by atoms with Gasteiger partial charge < -0.3 is 15.8 Å². The number of hydrogen-bond donors (Lipinski definition) is 2. The molecule has 0 spiro atoms. The van der Waals surface area contributed by atoms with Crippen LogP contribution in [0.2, 0.25) is 10.3 Å². The van der Waals surface area contributed by atoms with Crippen LogP contribution in [-0.4, -0.2) is 69.7 Å². The summed E-state index contributed by atoms with van der Waals surface area (Å²) >= 11 is 12.6. The fraction of sp³-hybridized carbons (Fsp3) is 0.424. The van der Waals surface area contributed by atoms with Gasteiger partial charge in [-0.15, -0.1) is 0 Å². The molecule has 2 aromatic heterocycles. The molecule has 2 aliphatic heterocycles. The van der Waals surface area contributed by atoms with Crippen molar-refractivity contribution in [2.45, 2.75) is 64.4 Å². The number of nitrogens with two attached hydrogens (primary N) is 1. The maximum Gasteiger partial charge on any atom is 0.407 e. The van der Waals surface area contributed by atoms with Crippen molar-refractivity contribution in [1.29, 1.82) is 0 Å². The first-order chi connectivity index (χ1) is 20.5. The SMILES string of the molecule is CC(C)(C)OC(=O)NC1CCN(Cc2cc3ccccc3nc2Cl)C1.NC1CCN(Cc2cc3ccccc3nc2Cl)C1. The fourth-order valence-electron chi connectivity index (χ4n) is 5.55. The van der Waals surface area contributed by atoms with Gasteiger partial charge in [0, 0.05) is 73.3 Å². The Labute approximate surface area is 263 Å². The van der Waals surface area contributed by atoms with E-state index in [9.17, 15) is 4.79 Å². The lowest BCUT2D eigenvalue weighted by molar-refractivity contribution is 0.0505. The Balaban J connectivity index is 0.000000180. The second-order valence-corrected chi connectivity index (χ2v) is 13.1. The van der Waals surface area contributed by atoms with E-state index in [2.05, 4.69) is 43.3 Å². The number of likely N-dealkylation sites (tertiary alicyclic amines) is 2. The van der Waals surface area contributed by atoms with E-state index in [0.29, 0.717) is 16.3 Å². The van der Waals surface area contributed by atoms with Crippen LogP contribution in [0.1, 0.15) is 44.7 Å². The van der Waals surface area contributed by atoms with Crippen molar-refractivity contribution in [3.8, 4) is 0 Å². The molecule has 4 heterocycles. The number of pyridine rings is 2. The fourth-order valence-corrected chi connectivity index (χ4v) is 5.96. The molecule has 0 aliphatic carbocycles. The molecule has 2 fully saturated rings. The number of nitrogens with one attached hydrogen (secondary N) is 1. The van der Waals surface area contributed by atoms with Gasteiger partial charge in [-0.1, -0.05) is 59.6 Å². The highest BCUT2D eigenvalue weighted by molar-refractivity contribution is 6.31. The van der Waals surface area contributed by atoms with Crippen LogP contribution in [0.3, 0.4) is 0 Å². The normalized spacial score (nSPS) is 19.4. The van der Waals surface area contributed by atoms with Gasteiger partial charge in [0.05, 0.1) is 11.0 Å². The van der Waals surface area contributed by atoms with Crippen molar-refractivity contribution in [2.75, 3.05) is 26.2 Å². The minimum Gasteiger partial charge on any atom is -0.444 e. The van der Waals surface area contributed by atoms with E-state index in [1.54, 1.807) is 0 Å². The van der Waals surface area contributed by atoms with E-state index in [-0.39, 0.29) is 12.1 Å². The molecule has 2 atom stereocenters. The quantitative estimate of drug-likeness (QED) is 0.248. The van der Waals surface area contributed by atoms with E-state index in [1.165, 1.54) is 0 Å². The van der Waals surface area contributed by atoms with Gasteiger partial charge in [0.1, 0.15) is 15.9 Å².